The molecule has 0 bridgehead atoms. The fourth-order valence-corrected chi connectivity index (χ4v) is 3.23. The molecule has 0 radical (unpaired) electrons. The number of hydrogen-bond donors (Lipinski definition) is 2. The van der Waals surface area contributed by atoms with Crippen molar-refractivity contribution >= 4 is 5.91 Å². The molecule has 1 aromatic carbocycles. The van der Waals surface area contributed by atoms with E-state index < -0.39 is 0 Å². The molecule has 1 aliphatic carbocycles. The van der Waals surface area contributed by atoms with Crippen molar-refractivity contribution in [3.05, 3.63) is 35.6 Å². The van der Waals surface area contributed by atoms with Crippen LogP contribution in [0, 0.1) is 17.2 Å². The number of carbonyl (C=O) groups is 1. The Bertz CT molecular complexity index is 507. The minimum atomic E-state index is -0.264. The minimum absolute atomic E-state index is 0.0339. The molecule has 3 nitrogen and oxygen atoms in total. The molecule has 122 valence electrons. The molecule has 1 aliphatic rings. The van der Waals surface area contributed by atoms with Gasteiger partial charge in [-0.3, -0.25) is 4.79 Å². The van der Waals surface area contributed by atoms with Crippen molar-refractivity contribution in [2.45, 2.75) is 58.5 Å². The van der Waals surface area contributed by atoms with Crippen LogP contribution in [0.3, 0.4) is 0 Å². The van der Waals surface area contributed by atoms with Gasteiger partial charge in [-0.25, -0.2) is 4.39 Å². The third kappa shape index (κ3) is 4.29. The fourth-order valence-electron chi connectivity index (χ4n) is 3.23. The van der Waals surface area contributed by atoms with E-state index in [2.05, 4.69) is 26.1 Å². The predicted octanol–water partition coefficient (Wildman–Crippen LogP) is 3.55. The Morgan fingerprint density at radius 1 is 1.32 bits per heavy atom. The molecule has 1 aromatic rings. The second kappa shape index (κ2) is 6.78. The highest BCUT2D eigenvalue weighted by molar-refractivity contribution is 5.77. The molecule has 0 heterocycles. The van der Waals surface area contributed by atoms with Gasteiger partial charge in [0.1, 0.15) is 5.82 Å². The van der Waals surface area contributed by atoms with Gasteiger partial charge in [-0.2, -0.15) is 0 Å². The van der Waals surface area contributed by atoms with Gasteiger partial charge in [-0.15, -0.1) is 0 Å². The van der Waals surface area contributed by atoms with Crippen molar-refractivity contribution in [1.29, 1.82) is 0 Å². The topological polar surface area (TPSA) is 55.1 Å². The number of amides is 1. The van der Waals surface area contributed by atoms with Crippen molar-refractivity contribution in [3.8, 4) is 0 Å². The zero-order valence-electron chi connectivity index (χ0n) is 13.7. The lowest BCUT2D eigenvalue weighted by molar-refractivity contribution is -0.123. The van der Waals surface area contributed by atoms with E-state index >= 15 is 0 Å². The van der Waals surface area contributed by atoms with Gasteiger partial charge < -0.3 is 11.1 Å². The number of halogens is 1. The highest BCUT2D eigenvalue weighted by atomic mass is 19.1. The summed E-state index contributed by atoms with van der Waals surface area (Å²) in [5.41, 5.74) is 6.83. The number of hydrogen-bond acceptors (Lipinski definition) is 2. The molecule has 3 N–H and O–H groups in total. The summed E-state index contributed by atoms with van der Waals surface area (Å²) < 4.78 is 13.1. The van der Waals surface area contributed by atoms with E-state index in [0.29, 0.717) is 6.42 Å². The van der Waals surface area contributed by atoms with E-state index in [9.17, 15) is 9.18 Å². The van der Waals surface area contributed by atoms with Crippen LogP contribution in [0.15, 0.2) is 24.3 Å². The molecule has 2 rings (SSSR count). The van der Waals surface area contributed by atoms with Crippen molar-refractivity contribution in [1.82, 2.24) is 5.32 Å². The summed E-state index contributed by atoms with van der Waals surface area (Å²) in [6.07, 6.45) is 3.64. The molecular formula is C18H27FN2O. The van der Waals surface area contributed by atoms with Gasteiger partial charge in [0.15, 0.2) is 0 Å². The smallest absolute Gasteiger partial charge is 0.220 e. The molecule has 22 heavy (non-hydrogen) atoms. The molecule has 0 aromatic heterocycles. The Morgan fingerprint density at radius 3 is 2.45 bits per heavy atom. The first-order valence-corrected chi connectivity index (χ1v) is 8.08. The van der Waals surface area contributed by atoms with E-state index in [1.54, 1.807) is 12.1 Å². The Hall–Kier alpha value is -1.42. The predicted molar refractivity (Wildman–Crippen MR) is 86.7 cm³/mol. The quantitative estimate of drug-likeness (QED) is 0.894. The molecule has 0 saturated heterocycles. The molecule has 1 fully saturated rings. The van der Waals surface area contributed by atoms with Gasteiger partial charge in [-0.1, -0.05) is 39.3 Å². The van der Waals surface area contributed by atoms with Crippen molar-refractivity contribution in [3.63, 3.8) is 0 Å². The third-order valence-corrected chi connectivity index (χ3v) is 4.54. The SMILES string of the molecule is CC(C)(C)C(NC(=O)C[C@@H]1CCC[C@H]1N)c1ccc(F)cc1. The summed E-state index contributed by atoms with van der Waals surface area (Å²) in [5, 5.41) is 3.12. The van der Waals surface area contributed by atoms with E-state index in [0.717, 1.165) is 24.8 Å². The molecule has 0 spiro atoms. The Balaban J connectivity index is 2.07. The zero-order chi connectivity index (χ0) is 16.3. The summed E-state index contributed by atoms with van der Waals surface area (Å²) in [4.78, 5) is 12.4. The van der Waals surface area contributed by atoms with Gasteiger partial charge in [0.05, 0.1) is 6.04 Å². The van der Waals surface area contributed by atoms with Crippen LogP contribution in [0.4, 0.5) is 4.39 Å². The van der Waals surface area contributed by atoms with Gasteiger partial charge >= 0.3 is 0 Å². The van der Waals surface area contributed by atoms with Crippen LogP contribution < -0.4 is 11.1 Å². The number of carbonyl (C=O) groups excluding carboxylic acids is 1. The Labute approximate surface area is 132 Å². The summed E-state index contributed by atoms with van der Waals surface area (Å²) >= 11 is 0. The lowest BCUT2D eigenvalue weighted by Crippen LogP contribution is -2.38. The molecule has 3 atom stereocenters. The monoisotopic (exact) mass is 306 g/mol. The second-order valence-corrected chi connectivity index (χ2v) is 7.48. The first-order valence-electron chi connectivity index (χ1n) is 8.08. The standard InChI is InChI=1S/C18H27FN2O/c1-18(2,3)17(12-7-9-14(19)10-8-12)21-16(22)11-13-5-4-6-15(13)20/h7-10,13,15,17H,4-6,11,20H2,1-3H3,(H,21,22)/t13-,15+,17?/m0/s1. The number of benzene rings is 1. The van der Waals surface area contributed by atoms with Crippen LogP contribution >= 0.6 is 0 Å². The maximum absolute atomic E-state index is 13.1. The van der Waals surface area contributed by atoms with E-state index in [-0.39, 0.29) is 35.1 Å². The van der Waals surface area contributed by atoms with E-state index in [1.807, 2.05) is 0 Å². The zero-order valence-corrected chi connectivity index (χ0v) is 13.7. The number of rotatable bonds is 4. The van der Waals surface area contributed by atoms with Crippen molar-refractivity contribution in [2.75, 3.05) is 0 Å². The maximum atomic E-state index is 13.1. The van der Waals surface area contributed by atoms with Crippen molar-refractivity contribution in [2.24, 2.45) is 17.1 Å². The highest BCUT2D eigenvalue weighted by Crippen LogP contribution is 2.33. The molecule has 1 amide bonds. The molecule has 1 unspecified atom stereocenters. The van der Waals surface area contributed by atoms with Crippen LogP contribution in [-0.4, -0.2) is 11.9 Å². The second-order valence-electron chi connectivity index (χ2n) is 7.48. The van der Waals surface area contributed by atoms with Crippen LogP contribution in [-0.2, 0) is 4.79 Å². The fraction of sp³-hybridized carbons (Fsp3) is 0.611. The van der Waals surface area contributed by atoms with Gasteiger partial charge in [0, 0.05) is 12.5 Å². The number of nitrogens with one attached hydrogen (secondary N) is 1. The lowest BCUT2D eigenvalue weighted by Gasteiger charge is -2.32. The van der Waals surface area contributed by atoms with E-state index in [1.165, 1.54) is 12.1 Å². The van der Waals surface area contributed by atoms with Crippen LogP contribution in [0.2, 0.25) is 0 Å². The van der Waals surface area contributed by atoms with Gasteiger partial charge in [-0.05, 0) is 41.9 Å². The minimum Gasteiger partial charge on any atom is -0.349 e. The first-order chi connectivity index (χ1) is 10.3. The van der Waals surface area contributed by atoms with Crippen LogP contribution in [0.5, 0.6) is 0 Å². The summed E-state index contributed by atoms with van der Waals surface area (Å²) in [5.74, 6) is 0.0556. The van der Waals surface area contributed by atoms with Crippen LogP contribution in [0.1, 0.15) is 58.1 Å². The third-order valence-electron chi connectivity index (χ3n) is 4.54. The lowest BCUT2D eigenvalue weighted by atomic mass is 9.82. The highest BCUT2D eigenvalue weighted by Gasteiger charge is 2.30. The maximum Gasteiger partial charge on any atom is 0.220 e. The Kier molecular flexibility index (Phi) is 5.22. The van der Waals surface area contributed by atoms with Gasteiger partial charge in [0.2, 0.25) is 5.91 Å². The van der Waals surface area contributed by atoms with E-state index in [4.69, 9.17) is 5.73 Å². The summed E-state index contributed by atoms with van der Waals surface area (Å²) in [7, 11) is 0. The molecule has 0 aliphatic heterocycles. The van der Waals surface area contributed by atoms with Gasteiger partial charge in [0.25, 0.3) is 0 Å². The molecule has 4 heteroatoms. The molecule has 1 saturated carbocycles. The number of nitrogens with two attached hydrogens (primary N) is 1. The van der Waals surface area contributed by atoms with Crippen LogP contribution in [0.25, 0.3) is 0 Å². The average Bonchev–Trinajstić information content (AvgIpc) is 2.82. The Morgan fingerprint density at radius 2 is 1.95 bits per heavy atom. The average molecular weight is 306 g/mol. The summed E-state index contributed by atoms with van der Waals surface area (Å²) in [6.45, 7) is 6.22. The summed E-state index contributed by atoms with van der Waals surface area (Å²) in [6, 6.07) is 6.36. The first kappa shape index (κ1) is 16.9. The molecular weight excluding hydrogens is 279 g/mol. The largest absolute Gasteiger partial charge is 0.349 e. The van der Waals surface area contributed by atoms with Crippen molar-refractivity contribution < 1.29 is 9.18 Å². The normalized spacial score (nSPS) is 23.3.